The van der Waals surface area contributed by atoms with Crippen molar-refractivity contribution in [3.8, 4) is 11.1 Å². The third-order valence-corrected chi connectivity index (χ3v) is 3.54. The van der Waals surface area contributed by atoms with Crippen LogP contribution in [0.15, 0.2) is 60.7 Å². The van der Waals surface area contributed by atoms with Gasteiger partial charge in [0.05, 0.1) is 0 Å². The van der Waals surface area contributed by atoms with Crippen molar-refractivity contribution in [2.24, 2.45) is 5.92 Å². The molecule has 0 spiro atoms. The van der Waals surface area contributed by atoms with Crippen LogP contribution in [-0.4, -0.2) is 0 Å². The summed E-state index contributed by atoms with van der Waals surface area (Å²) >= 11 is -0.826. The monoisotopic (exact) mass is 407 g/mol. The Bertz CT molecular complexity index is 702. The fourth-order valence-electron chi connectivity index (χ4n) is 2.76. The first-order chi connectivity index (χ1) is 10.7. The summed E-state index contributed by atoms with van der Waals surface area (Å²) in [5.74, 6) is 0.706. The van der Waals surface area contributed by atoms with Gasteiger partial charge in [-0.2, -0.15) is 6.07 Å². The summed E-state index contributed by atoms with van der Waals surface area (Å²) in [5.41, 5.74) is 4.09. The van der Waals surface area contributed by atoms with E-state index in [9.17, 15) is 0 Å². The molecule has 0 aromatic heterocycles. The Labute approximate surface area is 151 Å². The van der Waals surface area contributed by atoms with E-state index >= 15 is 0 Å². The van der Waals surface area contributed by atoms with E-state index in [1.807, 2.05) is 0 Å². The van der Waals surface area contributed by atoms with Crippen molar-refractivity contribution in [1.82, 2.24) is 0 Å². The second kappa shape index (κ2) is 8.97. The third-order valence-electron chi connectivity index (χ3n) is 3.54. The van der Waals surface area contributed by atoms with Gasteiger partial charge >= 0.3 is 37.9 Å². The predicted molar refractivity (Wildman–Crippen MR) is 95.2 cm³/mol. The van der Waals surface area contributed by atoms with Gasteiger partial charge < -0.3 is 0 Å². The van der Waals surface area contributed by atoms with Crippen LogP contribution in [0, 0.1) is 5.92 Å². The van der Waals surface area contributed by atoms with E-state index in [2.05, 4.69) is 74.5 Å². The zero-order chi connectivity index (χ0) is 15.9. The number of fused-ring (bicyclic) bond motifs is 1. The number of hydrogen-bond donors (Lipinski definition) is 0. The van der Waals surface area contributed by atoms with E-state index in [4.69, 9.17) is 17.0 Å². The van der Waals surface area contributed by atoms with Gasteiger partial charge in [0.2, 0.25) is 0 Å². The molecule has 0 saturated carbocycles. The number of benzene rings is 2. The third kappa shape index (κ3) is 4.75. The van der Waals surface area contributed by atoms with Gasteiger partial charge in [0.15, 0.2) is 0 Å². The molecule has 0 amide bonds. The molecule has 0 N–H and O–H groups in total. The van der Waals surface area contributed by atoms with E-state index < -0.39 is 20.8 Å². The van der Waals surface area contributed by atoms with E-state index in [0.29, 0.717) is 5.92 Å². The molecule has 0 aliphatic heterocycles. The average molecular weight is 409 g/mol. The van der Waals surface area contributed by atoms with Crippen LogP contribution in [0.3, 0.4) is 0 Å². The molecule has 0 aliphatic carbocycles. The maximum absolute atomic E-state index is 4.93. The normalized spacial score (nSPS) is 10.4. The van der Waals surface area contributed by atoms with Crippen LogP contribution in [0.1, 0.15) is 19.4 Å². The Morgan fingerprint density at radius 2 is 1.68 bits per heavy atom. The SMILES string of the molecule is CC(C)Cc1cc2c(-c3ccccc3)cccc2[cH-]1.[Cl][Zr][Cl]. The second-order valence-electron chi connectivity index (χ2n) is 5.71. The summed E-state index contributed by atoms with van der Waals surface area (Å²) in [4.78, 5) is 0. The van der Waals surface area contributed by atoms with Crippen LogP contribution in [0.2, 0.25) is 0 Å². The van der Waals surface area contributed by atoms with Gasteiger partial charge in [-0.1, -0.05) is 55.8 Å². The molecule has 0 aliphatic rings. The van der Waals surface area contributed by atoms with Crippen molar-refractivity contribution in [3.05, 3.63) is 66.2 Å². The Morgan fingerprint density at radius 3 is 2.32 bits per heavy atom. The second-order valence-corrected chi connectivity index (χ2v) is 9.44. The van der Waals surface area contributed by atoms with Crippen LogP contribution in [-0.2, 0) is 27.3 Å². The molecule has 3 aromatic rings. The van der Waals surface area contributed by atoms with Crippen LogP contribution in [0.5, 0.6) is 0 Å². The summed E-state index contributed by atoms with van der Waals surface area (Å²) in [6.45, 7) is 4.55. The summed E-state index contributed by atoms with van der Waals surface area (Å²) in [7, 11) is 9.87. The summed E-state index contributed by atoms with van der Waals surface area (Å²) < 4.78 is 0. The van der Waals surface area contributed by atoms with Crippen LogP contribution in [0.4, 0.5) is 0 Å². The molecule has 0 heterocycles. The van der Waals surface area contributed by atoms with Gasteiger partial charge in [-0.25, -0.2) is 0 Å². The summed E-state index contributed by atoms with van der Waals surface area (Å²) in [5, 5.41) is 2.74. The Balaban J connectivity index is 0.000000545. The van der Waals surface area contributed by atoms with Crippen LogP contribution < -0.4 is 0 Å². The quantitative estimate of drug-likeness (QED) is 0.417. The maximum atomic E-state index is 4.93. The molecular formula is C19H19Cl2Zr-. The topological polar surface area (TPSA) is 0 Å². The van der Waals surface area contributed by atoms with Gasteiger partial charge in [0, 0.05) is 0 Å². The van der Waals surface area contributed by atoms with Crippen molar-refractivity contribution >= 4 is 27.8 Å². The van der Waals surface area contributed by atoms with Crippen molar-refractivity contribution in [2.75, 3.05) is 0 Å². The van der Waals surface area contributed by atoms with Gasteiger partial charge in [0.1, 0.15) is 0 Å². The van der Waals surface area contributed by atoms with Gasteiger partial charge in [-0.15, -0.1) is 34.5 Å². The molecule has 0 unspecified atom stereocenters. The molecule has 22 heavy (non-hydrogen) atoms. The molecular weight excluding hydrogens is 390 g/mol. The van der Waals surface area contributed by atoms with Crippen molar-refractivity contribution < 1.29 is 20.8 Å². The molecule has 0 bridgehead atoms. The summed E-state index contributed by atoms with van der Waals surface area (Å²) in [6, 6.07) is 21.9. The van der Waals surface area contributed by atoms with Crippen molar-refractivity contribution in [3.63, 3.8) is 0 Å². The van der Waals surface area contributed by atoms with Gasteiger partial charge in [0.25, 0.3) is 0 Å². The molecule has 0 radical (unpaired) electrons. The molecule has 0 saturated heterocycles. The molecule has 3 aromatic carbocycles. The van der Waals surface area contributed by atoms with Gasteiger partial charge in [-0.05, 0) is 17.9 Å². The molecule has 3 heteroatoms. The molecule has 0 nitrogen and oxygen atoms in total. The first-order valence-electron chi connectivity index (χ1n) is 7.35. The standard InChI is InChI=1S/C19H19.2ClH.Zr/c1-14(2)11-15-12-17-9-6-10-18(19(17)13-15)16-7-4-3-5-8-16;;;/h3-10,12-14H,11H2,1-2H3;2*1H;/q-1;;;+2/p-2. The van der Waals surface area contributed by atoms with Crippen molar-refractivity contribution in [1.29, 1.82) is 0 Å². The van der Waals surface area contributed by atoms with E-state index in [1.54, 1.807) is 0 Å². The zero-order valence-corrected chi connectivity index (χ0v) is 16.8. The van der Waals surface area contributed by atoms with Gasteiger partial charge in [-0.3, -0.25) is 0 Å². The molecule has 0 atom stereocenters. The fourth-order valence-corrected chi connectivity index (χ4v) is 2.76. The van der Waals surface area contributed by atoms with Crippen LogP contribution >= 0.6 is 17.0 Å². The molecule has 3 rings (SSSR count). The zero-order valence-electron chi connectivity index (χ0n) is 12.8. The van der Waals surface area contributed by atoms with E-state index in [1.165, 1.54) is 27.5 Å². The Morgan fingerprint density at radius 1 is 1.00 bits per heavy atom. The van der Waals surface area contributed by atoms with Crippen LogP contribution in [0.25, 0.3) is 21.9 Å². The van der Waals surface area contributed by atoms with Crippen molar-refractivity contribution in [2.45, 2.75) is 20.3 Å². The average Bonchev–Trinajstić information content (AvgIpc) is 2.90. The fraction of sp³-hybridized carbons (Fsp3) is 0.211. The first-order valence-corrected chi connectivity index (χ1v) is 13.7. The molecule has 114 valence electrons. The van der Waals surface area contributed by atoms with E-state index in [0.717, 1.165) is 6.42 Å². The number of halogens is 2. The number of hydrogen-bond acceptors (Lipinski definition) is 0. The minimum atomic E-state index is -0.826. The summed E-state index contributed by atoms with van der Waals surface area (Å²) in [6.07, 6.45) is 1.16. The first kappa shape index (κ1) is 17.9. The minimum absolute atomic E-state index is 0.706. The number of rotatable bonds is 3. The molecule has 0 fully saturated rings. The Kier molecular flexibility index (Phi) is 7.28. The predicted octanol–water partition coefficient (Wildman–Crippen LogP) is 6.80. The Hall–Kier alpha value is -0.487. The van der Waals surface area contributed by atoms with E-state index in [-0.39, 0.29) is 0 Å².